The summed E-state index contributed by atoms with van der Waals surface area (Å²) < 4.78 is 5.62. The summed E-state index contributed by atoms with van der Waals surface area (Å²) in [4.78, 5) is 34.4. The smallest absolute Gasteiger partial charge is 0.266 e. The van der Waals surface area contributed by atoms with Crippen molar-refractivity contribution in [1.82, 2.24) is 0 Å². The minimum atomic E-state index is -0.940. The van der Waals surface area contributed by atoms with Gasteiger partial charge in [-0.1, -0.05) is 37.3 Å². The first-order valence-corrected chi connectivity index (χ1v) is 11.2. The number of anilines is 2. The zero-order valence-corrected chi connectivity index (χ0v) is 18.6. The molecule has 0 aromatic heterocycles. The molecular weight excluding hydrogens is 430 g/mol. The normalized spacial score (nSPS) is 21.5. The molecular formula is C27H23N3O4. The highest BCUT2D eigenvalue weighted by atomic mass is 16.7. The highest BCUT2D eigenvalue weighted by Crippen LogP contribution is 2.47. The standard InChI is InChI=1S/C27H23N3O4/c1-2-16-33-22-14-12-20(13-15-22)29-26(31)23-24(19-10-8-18(17-28)9-11-19)30(34-25(23)27(29)32)21-6-4-3-5-7-21/h3-15,23-25H,2,16H2,1H3/t23-,24+,25-/m1/s1. The Hall–Kier alpha value is -4.15. The van der Waals surface area contributed by atoms with Crippen molar-refractivity contribution in [3.63, 3.8) is 0 Å². The zero-order chi connectivity index (χ0) is 23.7. The summed E-state index contributed by atoms with van der Waals surface area (Å²) in [5, 5.41) is 10.8. The van der Waals surface area contributed by atoms with Gasteiger partial charge < -0.3 is 4.74 Å². The largest absolute Gasteiger partial charge is 0.494 e. The van der Waals surface area contributed by atoms with Gasteiger partial charge in [0.1, 0.15) is 11.7 Å². The van der Waals surface area contributed by atoms with E-state index < -0.39 is 24.0 Å². The number of nitrogens with zero attached hydrogens (tertiary/aromatic N) is 3. The first-order valence-electron chi connectivity index (χ1n) is 11.2. The second-order valence-electron chi connectivity index (χ2n) is 8.25. The van der Waals surface area contributed by atoms with Crippen LogP contribution in [0.1, 0.15) is 30.5 Å². The van der Waals surface area contributed by atoms with E-state index in [-0.39, 0.29) is 5.91 Å². The van der Waals surface area contributed by atoms with Gasteiger partial charge in [0.25, 0.3) is 5.91 Å². The molecule has 7 nitrogen and oxygen atoms in total. The highest BCUT2D eigenvalue weighted by Gasteiger charge is 2.60. The molecule has 3 aromatic carbocycles. The lowest BCUT2D eigenvalue weighted by Gasteiger charge is -2.28. The minimum Gasteiger partial charge on any atom is -0.494 e. The van der Waals surface area contributed by atoms with Gasteiger partial charge in [-0.3, -0.25) is 14.4 Å². The first-order chi connectivity index (χ1) is 16.6. The molecule has 3 aromatic rings. The van der Waals surface area contributed by atoms with Gasteiger partial charge in [-0.25, -0.2) is 9.96 Å². The van der Waals surface area contributed by atoms with Crippen molar-refractivity contribution in [3.8, 4) is 11.8 Å². The lowest BCUT2D eigenvalue weighted by molar-refractivity contribution is -0.126. The number of benzene rings is 3. The number of fused-ring (bicyclic) bond motifs is 1. The number of rotatable bonds is 6. The van der Waals surface area contributed by atoms with Crippen LogP contribution in [0.5, 0.6) is 5.75 Å². The molecule has 0 radical (unpaired) electrons. The van der Waals surface area contributed by atoms with Crippen LogP contribution in [-0.4, -0.2) is 24.5 Å². The Morgan fingerprint density at radius 3 is 2.26 bits per heavy atom. The number of carbonyl (C=O) groups is 2. The third-order valence-corrected chi connectivity index (χ3v) is 6.08. The molecule has 2 aliphatic rings. The van der Waals surface area contributed by atoms with Gasteiger partial charge in [0.05, 0.1) is 35.7 Å². The zero-order valence-electron chi connectivity index (χ0n) is 18.6. The van der Waals surface area contributed by atoms with Crippen molar-refractivity contribution < 1.29 is 19.2 Å². The molecule has 2 aliphatic heterocycles. The predicted molar refractivity (Wildman–Crippen MR) is 126 cm³/mol. The third-order valence-electron chi connectivity index (χ3n) is 6.08. The van der Waals surface area contributed by atoms with E-state index in [0.29, 0.717) is 23.6 Å². The van der Waals surface area contributed by atoms with Crippen LogP contribution in [0.4, 0.5) is 11.4 Å². The van der Waals surface area contributed by atoms with Gasteiger partial charge >= 0.3 is 0 Å². The van der Waals surface area contributed by atoms with Crippen LogP contribution in [0.15, 0.2) is 78.9 Å². The summed E-state index contributed by atoms with van der Waals surface area (Å²) in [5.74, 6) is -0.747. The number of hydrogen-bond donors (Lipinski definition) is 0. The van der Waals surface area contributed by atoms with Gasteiger partial charge in [-0.2, -0.15) is 5.26 Å². The monoisotopic (exact) mass is 453 g/mol. The molecule has 0 saturated carbocycles. The molecule has 34 heavy (non-hydrogen) atoms. The van der Waals surface area contributed by atoms with E-state index in [2.05, 4.69) is 6.07 Å². The fraction of sp³-hybridized carbons (Fsp3) is 0.222. The summed E-state index contributed by atoms with van der Waals surface area (Å²) in [7, 11) is 0. The van der Waals surface area contributed by atoms with Gasteiger partial charge in [-0.15, -0.1) is 0 Å². The van der Waals surface area contributed by atoms with Crippen LogP contribution in [0.25, 0.3) is 0 Å². The Balaban J connectivity index is 1.50. The maximum absolute atomic E-state index is 13.7. The summed E-state index contributed by atoms with van der Waals surface area (Å²) in [6.45, 7) is 2.62. The van der Waals surface area contributed by atoms with Crippen LogP contribution in [0.3, 0.4) is 0 Å². The third kappa shape index (κ3) is 3.68. The molecule has 2 fully saturated rings. The van der Waals surface area contributed by atoms with Crippen LogP contribution < -0.4 is 14.7 Å². The summed E-state index contributed by atoms with van der Waals surface area (Å²) in [6, 6.07) is 25.0. The van der Waals surface area contributed by atoms with Gasteiger partial charge in [0.15, 0.2) is 6.10 Å². The Bertz CT molecular complexity index is 1240. The van der Waals surface area contributed by atoms with Crippen molar-refractivity contribution >= 4 is 23.2 Å². The van der Waals surface area contributed by atoms with Crippen molar-refractivity contribution in [2.75, 3.05) is 16.6 Å². The van der Waals surface area contributed by atoms with E-state index in [1.165, 1.54) is 4.90 Å². The van der Waals surface area contributed by atoms with E-state index in [1.807, 2.05) is 49.4 Å². The molecule has 0 aliphatic carbocycles. The van der Waals surface area contributed by atoms with Gasteiger partial charge in [-0.05, 0) is 60.5 Å². The van der Waals surface area contributed by atoms with Crippen LogP contribution in [0, 0.1) is 17.2 Å². The maximum atomic E-state index is 13.7. The molecule has 2 heterocycles. The van der Waals surface area contributed by atoms with Crippen LogP contribution in [0.2, 0.25) is 0 Å². The van der Waals surface area contributed by atoms with E-state index in [1.54, 1.807) is 41.5 Å². The van der Waals surface area contributed by atoms with E-state index in [9.17, 15) is 14.9 Å². The Kier molecular flexibility index (Phi) is 5.74. The number of nitriles is 1. The van der Waals surface area contributed by atoms with Crippen molar-refractivity contribution in [3.05, 3.63) is 90.0 Å². The maximum Gasteiger partial charge on any atom is 0.266 e. The molecule has 7 heteroatoms. The lowest BCUT2D eigenvalue weighted by Crippen LogP contribution is -2.37. The summed E-state index contributed by atoms with van der Waals surface area (Å²) >= 11 is 0. The number of para-hydroxylation sites is 1. The predicted octanol–water partition coefficient (Wildman–Crippen LogP) is 4.40. The Labute approximate surface area is 197 Å². The van der Waals surface area contributed by atoms with Gasteiger partial charge in [0.2, 0.25) is 5.91 Å². The van der Waals surface area contributed by atoms with Crippen LogP contribution >= 0.6 is 0 Å². The number of hydroxylamine groups is 1. The summed E-state index contributed by atoms with van der Waals surface area (Å²) in [6.07, 6.45) is -0.0513. The quantitative estimate of drug-likeness (QED) is 0.515. The number of amides is 2. The van der Waals surface area contributed by atoms with Crippen molar-refractivity contribution in [2.45, 2.75) is 25.5 Å². The molecule has 5 rings (SSSR count). The molecule has 0 unspecified atom stereocenters. The molecule has 0 spiro atoms. The number of imide groups is 1. The Morgan fingerprint density at radius 2 is 1.62 bits per heavy atom. The SMILES string of the molecule is CCCOc1ccc(N2C(=O)[C@H]3[C@@H](ON(c4ccccc4)[C@H]3c3ccc(C#N)cc3)C2=O)cc1. The summed E-state index contributed by atoms with van der Waals surface area (Å²) in [5.41, 5.74) is 2.55. The molecule has 0 N–H and O–H groups in total. The van der Waals surface area contributed by atoms with E-state index >= 15 is 0 Å². The molecule has 2 saturated heterocycles. The molecule has 2 amide bonds. The number of hydrogen-bond acceptors (Lipinski definition) is 6. The highest BCUT2D eigenvalue weighted by molar-refractivity contribution is 6.23. The van der Waals surface area contributed by atoms with Gasteiger partial charge in [0, 0.05) is 0 Å². The first kappa shape index (κ1) is 21.7. The molecule has 170 valence electrons. The molecule has 3 atom stereocenters. The second kappa shape index (κ2) is 9.00. The fourth-order valence-electron chi connectivity index (χ4n) is 4.47. The average molecular weight is 453 g/mol. The fourth-order valence-corrected chi connectivity index (χ4v) is 4.47. The lowest BCUT2D eigenvalue weighted by atomic mass is 9.90. The minimum absolute atomic E-state index is 0.315. The van der Waals surface area contributed by atoms with Crippen LogP contribution in [-0.2, 0) is 14.4 Å². The topological polar surface area (TPSA) is 82.9 Å². The van der Waals surface area contributed by atoms with Crippen molar-refractivity contribution in [1.29, 1.82) is 5.26 Å². The number of ether oxygens (including phenoxy) is 1. The van der Waals surface area contributed by atoms with E-state index in [0.717, 1.165) is 17.7 Å². The Morgan fingerprint density at radius 1 is 0.912 bits per heavy atom. The average Bonchev–Trinajstić information content (AvgIpc) is 3.39. The molecule has 0 bridgehead atoms. The second-order valence-corrected chi connectivity index (χ2v) is 8.25. The van der Waals surface area contributed by atoms with Crippen molar-refractivity contribution in [2.24, 2.45) is 5.92 Å². The number of carbonyl (C=O) groups excluding carboxylic acids is 2. The van der Waals surface area contributed by atoms with E-state index in [4.69, 9.17) is 9.57 Å².